The maximum atomic E-state index is 11.4. The Morgan fingerprint density at radius 1 is 1.07 bits per heavy atom. The van der Waals surface area contributed by atoms with E-state index >= 15 is 0 Å². The number of aromatic amines is 1. The van der Waals surface area contributed by atoms with Crippen LogP contribution >= 0.6 is 11.3 Å². The molecule has 2 heterocycles. The topological polar surface area (TPSA) is 63.4 Å². The van der Waals surface area contributed by atoms with Gasteiger partial charge in [-0.15, -0.1) is 11.3 Å². The summed E-state index contributed by atoms with van der Waals surface area (Å²) in [6.07, 6.45) is 0.900. The molecule has 0 spiro atoms. The molecule has 0 atom stereocenters. The van der Waals surface area contributed by atoms with Crippen LogP contribution < -0.4 is 20.3 Å². The van der Waals surface area contributed by atoms with E-state index in [4.69, 9.17) is 9.47 Å². The summed E-state index contributed by atoms with van der Waals surface area (Å²) in [5, 5.41) is 5.68. The highest BCUT2D eigenvalue weighted by Crippen LogP contribution is 2.33. The second-order valence-corrected chi connectivity index (χ2v) is 7.68. The van der Waals surface area contributed by atoms with Crippen molar-refractivity contribution in [2.75, 3.05) is 20.3 Å². The molecule has 0 saturated carbocycles. The summed E-state index contributed by atoms with van der Waals surface area (Å²) in [6.45, 7) is 2.32. The third-order valence-corrected chi connectivity index (χ3v) is 5.71. The van der Waals surface area contributed by atoms with Crippen LogP contribution in [0.5, 0.6) is 11.5 Å². The number of H-pyrrole nitrogens is 1. The fraction of sp³-hybridized carbons (Fsp3) is 0.227. The summed E-state index contributed by atoms with van der Waals surface area (Å²) < 4.78 is 12.4. The van der Waals surface area contributed by atoms with Crippen molar-refractivity contribution >= 4 is 32.3 Å². The van der Waals surface area contributed by atoms with Crippen molar-refractivity contribution in [1.29, 1.82) is 0 Å². The van der Waals surface area contributed by atoms with Crippen molar-refractivity contribution < 1.29 is 9.47 Å². The number of methoxy groups -OCH3 is 1. The van der Waals surface area contributed by atoms with Gasteiger partial charge < -0.3 is 19.8 Å². The predicted molar refractivity (Wildman–Crippen MR) is 115 cm³/mol. The molecule has 6 heteroatoms. The van der Waals surface area contributed by atoms with E-state index in [0.29, 0.717) is 6.61 Å². The van der Waals surface area contributed by atoms with Crippen LogP contribution in [0.25, 0.3) is 21.0 Å². The molecule has 144 valence electrons. The molecular weight excluding hydrogens is 372 g/mol. The number of ether oxygens (including phenoxy) is 2. The van der Waals surface area contributed by atoms with Crippen LogP contribution in [0, 0.1) is 0 Å². The molecule has 0 aliphatic rings. The van der Waals surface area contributed by atoms with E-state index in [-0.39, 0.29) is 5.56 Å². The van der Waals surface area contributed by atoms with E-state index in [1.54, 1.807) is 18.4 Å². The first kappa shape index (κ1) is 18.5. The predicted octanol–water partition coefficient (Wildman–Crippen LogP) is 4.31. The highest BCUT2D eigenvalue weighted by atomic mass is 32.1. The number of rotatable bonds is 8. The first-order valence-electron chi connectivity index (χ1n) is 9.25. The Morgan fingerprint density at radius 3 is 2.86 bits per heavy atom. The SMILES string of the molecule is COc1cccc2cc(CNCCCOc3ccc4ccc(=O)[nH]c4c3)sc12. The number of aromatic nitrogens is 1. The van der Waals surface area contributed by atoms with E-state index in [1.165, 1.54) is 21.0 Å². The van der Waals surface area contributed by atoms with E-state index in [9.17, 15) is 4.79 Å². The lowest BCUT2D eigenvalue weighted by atomic mass is 10.2. The largest absolute Gasteiger partial charge is 0.495 e. The highest BCUT2D eigenvalue weighted by Gasteiger charge is 2.06. The van der Waals surface area contributed by atoms with Crippen molar-refractivity contribution in [1.82, 2.24) is 10.3 Å². The number of pyridine rings is 1. The van der Waals surface area contributed by atoms with Crippen LogP contribution in [0.4, 0.5) is 0 Å². The fourth-order valence-corrected chi connectivity index (χ4v) is 4.27. The molecule has 0 bridgehead atoms. The molecule has 4 aromatic rings. The maximum absolute atomic E-state index is 11.4. The van der Waals surface area contributed by atoms with Crippen molar-refractivity contribution in [3.05, 3.63) is 69.8 Å². The maximum Gasteiger partial charge on any atom is 0.248 e. The minimum atomic E-state index is -0.104. The molecule has 0 aliphatic heterocycles. The Hall–Kier alpha value is -2.83. The van der Waals surface area contributed by atoms with E-state index in [0.717, 1.165) is 41.9 Å². The van der Waals surface area contributed by atoms with Crippen LogP contribution in [-0.4, -0.2) is 25.2 Å². The Morgan fingerprint density at radius 2 is 1.96 bits per heavy atom. The number of thiophene rings is 1. The Labute approximate surface area is 166 Å². The minimum Gasteiger partial charge on any atom is -0.495 e. The molecule has 28 heavy (non-hydrogen) atoms. The zero-order valence-electron chi connectivity index (χ0n) is 15.7. The number of nitrogens with one attached hydrogen (secondary N) is 2. The normalized spacial score (nSPS) is 11.2. The van der Waals surface area contributed by atoms with Gasteiger partial charge in [-0.3, -0.25) is 4.79 Å². The van der Waals surface area contributed by atoms with Gasteiger partial charge in [-0.05, 0) is 54.1 Å². The molecule has 0 fully saturated rings. The van der Waals surface area contributed by atoms with Gasteiger partial charge in [-0.1, -0.05) is 12.1 Å². The van der Waals surface area contributed by atoms with Gasteiger partial charge in [-0.25, -0.2) is 0 Å². The van der Waals surface area contributed by atoms with Gasteiger partial charge in [0, 0.05) is 23.6 Å². The van der Waals surface area contributed by atoms with Gasteiger partial charge in [0.15, 0.2) is 0 Å². The van der Waals surface area contributed by atoms with Gasteiger partial charge in [0.25, 0.3) is 0 Å². The first-order chi connectivity index (χ1) is 13.7. The van der Waals surface area contributed by atoms with Gasteiger partial charge in [-0.2, -0.15) is 0 Å². The summed E-state index contributed by atoms with van der Waals surface area (Å²) in [4.78, 5) is 15.5. The van der Waals surface area contributed by atoms with E-state index < -0.39 is 0 Å². The van der Waals surface area contributed by atoms with E-state index in [1.807, 2.05) is 36.4 Å². The molecule has 0 amide bonds. The molecule has 2 aromatic carbocycles. The molecule has 4 rings (SSSR count). The molecule has 2 aromatic heterocycles. The Balaban J connectivity index is 1.25. The Kier molecular flexibility index (Phi) is 5.60. The van der Waals surface area contributed by atoms with Crippen molar-refractivity contribution in [3.8, 4) is 11.5 Å². The molecule has 0 aliphatic carbocycles. The number of benzene rings is 2. The van der Waals surface area contributed by atoms with Crippen LogP contribution in [0.3, 0.4) is 0 Å². The smallest absolute Gasteiger partial charge is 0.248 e. The fourth-order valence-electron chi connectivity index (χ4n) is 3.15. The van der Waals surface area contributed by atoms with Crippen LogP contribution in [-0.2, 0) is 6.54 Å². The first-order valence-corrected chi connectivity index (χ1v) is 10.1. The lowest BCUT2D eigenvalue weighted by Crippen LogP contribution is -2.16. The van der Waals surface area contributed by atoms with Crippen molar-refractivity contribution in [2.45, 2.75) is 13.0 Å². The summed E-state index contributed by atoms with van der Waals surface area (Å²) in [6, 6.07) is 17.4. The van der Waals surface area contributed by atoms with Gasteiger partial charge in [0.1, 0.15) is 11.5 Å². The highest BCUT2D eigenvalue weighted by molar-refractivity contribution is 7.19. The summed E-state index contributed by atoms with van der Waals surface area (Å²) in [5.74, 6) is 1.70. The number of fused-ring (bicyclic) bond motifs is 2. The van der Waals surface area contributed by atoms with Crippen molar-refractivity contribution in [3.63, 3.8) is 0 Å². The molecule has 0 radical (unpaired) electrons. The number of hydrogen-bond acceptors (Lipinski definition) is 5. The summed E-state index contributed by atoms with van der Waals surface area (Å²) >= 11 is 1.76. The molecule has 2 N–H and O–H groups in total. The lowest BCUT2D eigenvalue weighted by Gasteiger charge is -2.08. The third-order valence-electron chi connectivity index (χ3n) is 4.54. The zero-order chi connectivity index (χ0) is 19.3. The zero-order valence-corrected chi connectivity index (χ0v) is 16.5. The lowest BCUT2D eigenvalue weighted by molar-refractivity contribution is 0.308. The third kappa shape index (κ3) is 4.18. The average molecular weight is 394 g/mol. The molecule has 0 unspecified atom stereocenters. The van der Waals surface area contributed by atoms with Crippen LogP contribution in [0.2, 0.25) is 0 Å². The van der Waals surface area contributed by atoms with Crippen LogP contribution in [0.1, 0.15) is 11.3 Å². The summed E-state index contributed by atoms with van der Waals surface area (Å²) in [7, 11) is 1.71. The Bertz CT molecular complexity index is 1150. The van der Waals surface area contributed by atoms with E-state index in [2.05, 4.69) is 22.4 Å². The van der Waals surface area contributed by atoms with Gasteiger partial charge in [0.05, 0.1) is 23.9 Å². The molecular formula is C22H22N2O3S. The van der Waals surface area contributed by atoms with Gasteiger partial charge in [0.2, 0.25) is 5.56 Å². The summed E-state index contributed by atoms with van der Waals surface area (Å²) in [5.41, 5.74) is 0.691. The second-order valence-electron chi connectivity index (χ2n) is 6.54. The quantitative estimate of drug-likeness (QED) is 0.437. The second kappa shape index (κ2) is 8.46. The minimum absolute atomic E-state index is 0.104. The van der Waals surface area contributed by atoms with Crippen LogP contribution in [0.15, 0.2) is 59.4 Å². The van der Waals surface area contributed by atoms with Gasteiger partial charge >= 0.3 is 0 Å². The number of hydrogen-bond donors (Lipinski definition) is 2. The molecule has 5 nitrogen and oxygen atoms in total. The molecule has 0 saturated heterocycles. The van der Waals surface area contributed by atoms with Crippen molar-refractivity contribution in [2.24, 2.45) is 0 Å². The standard InChI is InChI=1S/C22H22N2O3S/c1-26-20-5-2-4-16-12-18(28-22(16)20)14-23-10-3-11-27-17-8-6-15-7-9-21(25)24-19(15)13-17/h2,4-9,12-13,23H,3,10-11,14H2,1H3,(H,24,25). The monoisotopic (exact) mass is 394 g/mol. The average Bonchev–Trinajstić information content (AvgIpc) is 3.13.